The lowest BCUT2D eigenvalue weighted by atomic mass is 10.1. The van der Waals surface area contributed by atoms with E-state index in [0.717, 1.165) is 45.8 Å². The minimum atomic E-state index is -0.356. The normalized spacial score (nSPS) is 12.3. The van der Waals surface area contributed by atoms with Gasteiger partial charge in [-0.25, -0.2) is 19.7 Å². The van der Waals surface area contributed by atoms with Crippen LogP contribution in [0.3, 0.4) is 0 Å². The highest BCUT2D eigenvalue weighted by molar-refractivity contribution is 5.81. The van der Waals surface area contributed by atoms with Crippen LogP contribution in [0, 0.1) is 13.8 Å². The van der Waals surface area contributed by atoms with Gasteiger partial charge in [-0.3, -0.25) is 0 Å². The molecule has 0 bridgehead atoms. The predicted molar refractivity (Wildman–Crippen MR) is 125 cm³/mol. The van der Waals surface area contributed by atoms with E-state index in [2.05, 4.69) is 30.3 Å². The number of hydrogen-bond donors (Lipinski definition) is 0. The SMILES string of the molecule is CCC(COC(=O)N(C)C)n1cc(C)c2nc(-c3ccc(C(C)C)nc3OC)c(C)nc21. The molecular weight excluding hydrogens is 406 g/mol. The molecule has 0 spiro atoms. The number of rotatable bonds is 7. The maximum absolute atomic E-state index is 11.9. The van der Waals surface area contributed by atoms with Crippen molar-refractivity contribution in [2.24, 2.45) is 0 Å². The Bertz CT molecular complexity index is 1120. The average molecular weight is 440 g/mol. The van der Waals surface area contributed by atoms with Crippen LogP contribution >= 0.6 is 0 Å². The molecule has 3 heterocycles. The molecular formula is C24H33N5O3. The first-order valence-electron chi connectivity index (χ1n) is 10.9. The monoisotopic (exact) mass is 439 g/mol. The van der Waals surface area contributed by atoms with Crippen LogP contribution in [0.15, 0.2) is 18.3 Å². The maximum atomic E-state index is 11.9. The fraction of sp³-hybridized carbons (Fsp3) is 0.500. The van der Waals surface area contributed by atoms with Crippen LogP contribution in [0.2, 0.25) is 0 Å². The lowest BCUT2D eigenvalue weighted by Gasteiger charge is -2.20. The van der Waals surface area contributed by atoms with E-state index in [-0.39, 0.29) is 18.7 Å². The van der Waals surface area contributed by atoms with Crippen molar-refractivity contribution >= 4 is 17.3 Å². The van der Waals surface area contributed by atoms with Crippen molar-refractivity contribution in [2.75, 3.05) is 27.8 Å². The topological polar surface area (TPSA) is 82.4 Å². The molecule has 0 radical (unpaired) electrons. The molecule has 172 valence electrons. The van der Waals surface area contributed by atoms with Crippen molar-refractivity contribution in [1.82, 2.24) is 24.4 Å². The Morgan fingerprint density at radius 3 is 2.47 bits per heavy atom. The molecule has 0 aliphatic rings. The zero-order valence-corrected chi connectivity index (χ0v) is 20.3. The van der Waals surface area contributed by atoms with E-state index in [4.69, 9.17) is 19.4 Å². The van der Waals surface area contributed by atoms with Crippen LogP contribution in [0.4, 0.5) is 4.79 Å². The molecule has 1 atom stereocenters. The third-order valence-corrected chi connectivity index (χ3v) is 5.55. The molecule has 0 aliphatic carbocycles. The first kappa shape index (κ1) is 23.5. The van der Waals surface area contributed by atoms with Crippen LogP contribution in [-0.4, -0.2) is 58.3 Å². The van der Waals surface area contributed by atoms with Crippen molar-refractivity contribution in [1.29, 1.82) is 0 Å². The predicted octanol–water partition coefficient (Wildman–Crippen LogP) is 4.89. The van der Waals surface area contributed by atoms with Crippen LogP contribution in [0.5, 0.6) is 5.88 Å². The summed E-state index contributed by atoms with van der Waals surface area (Å²) in [6, 6.07) is 3.99. The highest BCUT2D eigenvalue weighted by Gasteiger charge is 2.21. The summed E-state index contributed by atoms with van der Waals surface area (Å²) >= 11 is 0. The number of aryl methyl sites for hydroxylation is 2. The quantitative estimate of drug-likeness (QED) is 0.521. The van der Waals surface area contributed by atoms with Gasteiger partial charge in [-0.15, -0.1) is 0 Å². The van der Waals surface area contributed by atoms with Gasteiger partial charge in [0.2, 0.25) is 5.88 Å². The van der Waals surface area contributed by atoms with Crippen LogP contribution in [-0.2, 0) is 4.74 Å². The molecule has 0 aliphatic heterocycles. The van der Waals surface area contributed by atoms with Crippen molar-refractivity contribution < 1.29 is 14.3 Å². The van der Waals surface area contributed by atoms with E-state index >= 15 is 0 Å². The van der Waals surface area contributed by atoms with Gasteiger partial charge in [0.15, 0.2) is 5.65 Å². The van der Waals surface area contributed by atoms with Gasteiger partial charge in [-0.1, -0.05) is 20.8 Å². The number of methoxy groups -OCH3 is 1. The summed E-state index contributed by atoms with van der Waals surface area (Å²) in [6.07, 6.45) is 2.47. The fourth-order valence-electron chi connectivity index (χ4n) is 3.62. The van der Waals surface area contributed by atoms with Crippen LogP contribution in [0.1, 0.15) is 56.1 Å². The van der Waals surface area contributed by atoms with Crippen LogP contribution < -0.4 is 4.74 Å². The summed E-state index contributed by atoms with van der Waals surface area (Å²) in [5.74, 6) is 0.850. The van der Waals surface area contributed by atoms with E-state index in [1.54, 1.807) is 21.2 Å². The number of ether oxygens (including phenoxy) is 2. The van der Waals surface area contributed by atoms with Gasteiger partial charge in [0.05, 0.1) is 30.1 Å². The molecule has 3 aromatic rings. The van der Waals surface area contributed by atoms with Crippen LogP contribution in [0.25, 0.3) is 22.4 Å². The standard InChI is InChI=1S/C24H33N5O3/c1-9-17(13-32-24(30)28(6)7)29-12-15(4)20-22(29)25-16(5)21(27-20)18-10-11-19(14(2)3)26-23(18)31-8/h10-12,14,17H,9,13H2,1-8H3. The van der Waals surface area contributed by atoms with Crippen molar-refractivity contribution in [3.05, 3.63) is 35.3 Å². The number of carbonyl (C=O) groups excluding carboxylic acids is 1. The highest BCUT2D eigenvalue weighted by Crippen LogP contribution is 2.33. The molecule has 32 heavy (non-hydrogen) atoms. The number of hydrogen-bond acceptors (Lipinski definition) is 6. The van der Waals surface area contributed by atoms with Gasteiger partial charge >= 0.3 is 6.09 Å². The summed E-state index contributed by atoms with van der Waals surface area (Å²) in [7, 11) is 4.97. The lowest BCUT2D eigenvalue weighted by Crippen LogP contribution is -2.26. The summed E-state index contributed by atoms with van der Waals surface area (Å²) in [6.45, 7) is 10.5. The van der Waals surface area contributed by atoms with Gasteiger partial charge < -0.3 is 18.9 Å². The van der Waals surface area contributed by atoms with Gasteiger partial charge in [0.25, 0.3) is 0 Å². The Morgan fingerprint density at radius 2 is 1.88 bits per heavy atom. The Hall–Kier alpha value is -3.16. The van der Waals surface area contributed by atoms with Gasteiger partial charge in [-0.2, -0.15) is 0 Å². The molecule has 1 amide bonds. The number of pyridine rings is 1. The van der Waals surface area contributed by atoms with E-state index in [1.807, 2.05) is 32.2 Å². The number of nitrogens with zero attached hydrogens (tertiary/aromatic N) is 5. The summed E-state index contributed by atoms with van der Waals surface area (Å²) in [4.78, 5) is 27.9. The summed E-state index contributed by atoms with van der Waals surface area (Å²) < 4.78 is 13.1. The molecule has 0 aromatic carbocycles. The average Bonchev–Trinajstić information content (AvgIpc) is 3.08. The van der Waals surface area contributed by atoms with Crippen molar-refractivity contribution in [3.63, 3.8) is 0 Å². The summed E-state index contributed by atoms with van der Waals surface area (Å²) in [5.41, 5.74) is 5.94. The Balaban J connectivity index is 2.05. The van der Waals surface area contributed by atoms with Crippen molar-refractivity contribution in [3.8, 4) is 17.1 Å². The lowest BCUT2D eigenvalue weighted by molar-refractivity contribution is 0.103. The van der Waals surface area contributed by atoms with E-state index in [0.29, 0.717) is 11.8 Å². The van der Waals surface area contributed by atoms with Gasteiger partial charge in [-0.05, 0) is 43.9 Å². The minimum absolute atomic E-state index is 0.0313. The molecule has 1 unspecified atom stereocenters. The second-order valence-electron chi connectivity index (χ2n) is 8.53. The third-order valence-electron chi connectivity index (χ3n) is 5.55. The first-order valence-corrected chi connectivity index (χ1v) is 10.9. The zero-order chi connectivity index (χ0) is 23.6. The Kier molecular flexibility index (Phi) is 7.01. The minimum Gasteiger partial charge on any atom is -0.480 e. The molecule has 0 saturated heterocycles. The third kappa shape index (κ3) is 4.54. The molecule has 0 saturated carbocycles. The number of amides is 1. The number of fused-ring (bicyclic) bond motifs is 1. The largest absolute Gasteiger partial charge is 0.480 e. The highest BCUT2D eigenvalue weighted by atomic mass is 16.6. The molecule has 8 heteroatoms. The molecule has 0 N–H and O–H groups in total. The number of aromatic nitrogens is 4. The summed E-state index contributed by atoms with van der Waals surface area (Å²) in [5, 5.41) is 0. The molecule has 3 rings (SSSR count). The Morgan fingerprint density at radius 1 is 1.16 bits per heavy atom. The van der Waals surface area contributed by atoms with E-state index < -0.39 is 0 Å². The van der Waals surface area contributed by atoms with Gasteiger partial charge in [0, 0.05) is 26.0 Å². The van der Waals surface area contributed by atoms with Crippen molar-refractivity contribution in [2.45, 2.75) is 53.0 Å². The fourth-order valence-corrected chi connectivity index (χ4v) is 3.62. The van der Waals surface area contributed by atoms with Gasteiger partial charge in [0.1, 0.15) is 12.1 Å². The number of carbonyl (C=O) groups is 1. The zero-order valence-electron chi connectivity index (χ0n) is 20.3. The molecule has 0 fully saturated rings. The molecule has 3 aromatic heterocycles. The second kappa shape index (κ2) is 9.54. The molecule has 8 nitrogen and oxygen atoms in total. The van der Waals surface area contributed by atoms with E-state index in [1.165, 1.54) is 4.90 Å². The maximum Gasteiger partial charge on any atom is 0.409 e. The first-order chi connectivity index (χ1) is 15.2. The Labute approximate surface area is 189 Å². The second-order valence-corrected chi connectivity index (χ2v) is 8.53. The smallest absolute Gasteiger partial charge is 0.409 e. The van der Waals surface area contributed by atoms with E-state index in [9.17, 15) is 4.79 Å².